The van der Waals surface area contributed by atoms with E-state index in [9.17, 15) is 14.7 Å². The number of benzene rings is 2. The van der Waals surface area contributed by atoms with Gasteiger partial charge in [-0.1, -0.05) is 42.5 Å². The first-order valence-corrected chi connectivity index (χ1v) is 10.1. The minimum absolute atomic E-state index is 0.121. The highest BCUT2D eigenvalue weighted by Crippen LogP contribution is 2.42. The lowest BCUT2D eigenvalue weighted by Crippen LogP contribution is -2.64. The molecule has 2 unspecified atom stereocenters. The van der Waals surface area contributed by atoms with E-state index in [4.69, 9.17) is 4.99 Å². The van der Waals surface area contributed by atoms with Crippen molar-refractivity contribution in [2.75, 3.05) is 11.9 Å². The Morgan fingerprint density at radius 2 is 1.65 bits per heavy atom. The van der Waals surface area contributed by atoms with E-state index in [1.807, 2.05) is 60.0 Å². The quantitative estimate of drug-likeness (QED) is 0.831. The number of likely N-dealkylation sites (N-methyl/N-ethyl adjacent to an activating group) is 1. The molecule has 2 atom stereocenters. The van der Waals surface area contributed by atoms with Crippen LogP contribution in [0.15, 0.2) is 71.0 Å². The topological polar surface area (TPSA) is 79.7 Å². The predicted molar refractivity (Wildman–Crippen MR) is 116 cm³/mol. The fraction of sp³-hybridized carbons (Fsp3) is 0.261. The van der Waals surface area contributed by atoms with E-state index in [0.29, 0.717) is 11.6 Å². The van der Waals surface area contributed by atoms with Crippen LogP contribution in [0.25, 0.3) is 0 Å². The van der Waals surface area contributed by atoms with Crippen molar-refractivity contribution in [2.24, 2.45) is 4.99 Å². The number of aliphatic imine (C=N–C) groups is 1. The van der Waals surface area contributed by atoms with E-state index in [1.165, 1.54) is 9.80 Å². The standard InChI is InChI=1S/C23H23N5O3/c1-14-15(2)28-19-20(24-22(28)27(14)17-11-7-8-12-18(17)29)25(3)23(31)26(21(19)30)13-16-9-5-4-6-10-16/h4-12,19-20,29H,13H2,1-3H3. The summed E-state index contributed by atoms with van der Waals surface area (Å²) < 4.78 is 0. The maximum atomic E-state index is 13.5. The number of rotatable bonds is 3. The number of amides is 3. The van der Waals surface area contributed by atoms with Crippen LogP contribution in [0.3, 0.4) is 0 Å². The maximum absolute atomic E-state index is 13.5. The number of allylic oxidation sites excluding steroid dienone is 2. The third kappa shape index (κ3) is 2.71. The van der Waals surface area contributed by atoms with Gasteiger partial charge >= 0.3 is 6.03 Å². The molecule has 31 heavy (non-hydrogen) atoms. The molecule has 0 aliphatic carbocycles. The number of anilines is 1. The molecule has 8 heteroatoms. The van der Waals surface area contributed by atoms with Crippen molar-refractivity contribution in [1.82, 2.24) is 14.7 Å². The summed E-state index contributed by atoms with van der Waals surface area (Å²) in [5.41, 5.74) is 3.21. The van der Waals surface area contributed by atoms with Gasteiger partial charge in [-0.25, -0.2) is 9.79 Å². The molecule has 1 N–H and O–H groups in total. The second kappa shape index (κ2) is 6.87. The van der Waals surface area contributed by atoms with E-state index < -0.39 is 12.2 Å². The third-order valence-electron chi connectivity index (χ3n) is 6.20. The van der Waals surface area contributed by atoms with Crippen molar-refractivity contribution in [3.63, 3.8) is 0 Å². The van der Waals surface area contributed by atoms with Crippen LogP contribution in [-0.4, -0.2) is 57.0 Å². The summed E-state index contributed by atoms with van der Waals surface area (Å²) in [5, 5.41) is 10.4. The number of urea groups is 1. The largest absolute Gasteiger partial charge is 0.506 e. The minimum Gasteiger partial charge on any atom is -0.506 e. The number of carbonyl (C=O) groups is 2. The molecule has 158 valence electrons. The zero-order valence-corrected chi connectivity index (χ0v) is 17.6. The predicted octanol–water partition coefficient (Wildman–Crippen LogP) is 2.92. The van der Waals surface area contributed by atoms with Gasteiger partial charge in [-0.05, 0) is 31.5 Å². The van der Waals surface area contributed by atoms with E-state index in [2.05, 4.69) is 0 Å². The van der Waals surface area contributed by atoms with E-state index in [0.717, 1.165) is 17.0 Å². The lowest BCUT2D eigenvalue weighted by atomic mass is 10.1. The van der Waals surface area contributed by atoms with Crippen LogP contribution in [0.1, 0.15) is 19.4 Å². The van der Waals surface area contributed by atoms with Gasteiger partial charge < -0.3 is 10.0 Å². The number of phenols is 1. The van der Waals surface area contributed by atoms with Crippen LogP contribution in [0.5, 0.6) is 5.75 Å². The number of aromatic hydroxyl groups is 1. The third-order valence-corrected chi connectivity index (χ3v) is 6.20. The van der Waals surface area contributed by atoms with Crippen molar-refractivity contribution in [3.8, 4) is 5.75 Å². The second-order valence-corrected chi connectivity index (χ2v) is 7.96. The Bertz CT molecular complexity index is 1140. The lowest BCUT2D eigenvalue weighted by molar-refractivity contribution is -0.137. The highest BCUT2D eigenvalue weighted by Gasteiger charge is 2.56. The van der Waals surface area contributed by atoms with Crippen LogP contribution < -0.4 is 4.90 Å². The van der Waals surface area contributed by atoms with Crippen molar-refractivity contribution in [2.45, 2.75) is 32.6 Å². The van der Waals surface area contributed by atoms with Gasteiger partial charge in [0, 0.05) is 18.4 Å². The number of guanidine groups is 1. The first-order chi connectivity index (χ1) is 14.9. The molecule has 8 nitrogen and oxygen atoms in total. The van der Waals surface area contributed by atoms with E-state index in [-0.39, 0.29) is 24.2 Å². The average molecular weight is 417 g/mol. The summed E-state index contributed by atoms with van der Waals surface area (Å²) in [4.78, 5) is 37.9. The Hall–Kier alpha value is -3.81. The monoisotopic (exact) mass is 417 g/mol. The Kier molecular flexibility index (Phi) is 4.25. The number of fused-ring (bicyclic) bond motifs is 3. The normalized spacial score (nSPS) is 22.9. The molecule has 3 aliphatic heterocycles. The van der Waals surface area contributed by atoms with E-state index in [1.54, 1.807) is 25.2 Å². The maximum Gasteiger partial charge on any atom is 0.328 e. The van der Waals surface area contributed by atoms with Gasteiger partial charge in [0.05, 0.1) is 12.2 Å². The zero-order chi connectivity index (χ0) is 21.9. The molecule has 5 rings (SSSR count). The molecule has 2 aromatic carbocycles. The van der Waals surface area contributed by atoms with Crippen molar-refractivity contribution in [3.05, 3.63) is 71.6 Å². The molecule has 0 aromatic heterocycles. The van der Waals surface area contributed by atoms with Crippen molar-refractivity contribution >= 4 is 23.6 Å². The zero-order valence-electron chi connectivity index (χ0n) is 17.6. The molecule has 2 aromatic rings. The van der Waals surface area contributed by atoms with Crippen LogP contribution in [0.2, 0.25) is 0 Å². The highest BCUT2D eigenvalue weighted by atomic mass is 16.3. The number of imide groups is 1. The Morgan fingerprint density at radius 1 is 0.968 bits per heavy atom. The highest BCUT2D eigenvalue weighted by molar-refractivity contribution is 6.10. The van der Waals surface area contributed by atoms with Crippen LogP contribution in [-0.2, 0) is 11.3 Å². The number of para-hydroxylation sites is 2. The molecule has 3 heterocycles. The molecule has 0 radical (unpaired) electrons. The molecule has 3 amide bonds. The van der Waals surface area contributed by atoms with Crippen LogP contribution in [0, 0.1) is 0 Å². The van der Waals surface area contributed by atoms with E-state index >= 15 is 0 Å². The lowest BCUT2D eigenvalue weighted by Gasteiger charge is -2.40. The summed E-state index contributed by atoms with van der Waals surface area (Å²) >= 11 is 0. The number of hydrogen-bond acceptors (Lipinski definition) is 6. The molecule has 0 bridgehead atoms. The summed E-state index contributed by atoms with van der Waals surface area (Å²) in [5.74, 6) is 0.388. The Labute approximate surface area is 180 Å². The molecule has 0 saturated carbocycles. The number of hydrogen-bond donors (Lipinski definition) is 1. The summed E-state index contributed by atoms with van der Waals surface area (Å²) in [6, 6.07) is 15.5. The SMILES string of the molecule is CC1=C(C)N2C(=NC3C2C(=O)N(Cc2ccccc2)C(=O)N3C)N1c1ccccc1O. The van der Waals surface area contributed by atoms with Crippen LogP contribution >= 0.6 is 0 Å². The van der Waals surface area contributed by atoms with Gasteiger partial charge in [0.25, 0.3) is 5.91 Å². The minimum atomic E-state index is -0.646. The van der Waals surface area contributed by atoms with Gasteiger partial charge in [-0.3, -0.25) is 19.5 Å². The van der Waals surface area contributed by atoms with Crippen LogP contribution in [0.4, 0.5) is 10.5 Å². The molecular formula is C23H23N5O3. The molecule has 1 saturated heterocycles. The second-order valence-electron chi connectivity index (χ2n) is 7.96. The average Bonchev–Trinajstić information content (AvgIpc) is 3.27. The number of nitrogens with zero attached hydrogens (tertiary/aromatic N) is 5. The summed E-state index contributed by atoms with van der Waals surface area (Å²) in [7, 11) is 1.67. The summed E-state index contributed by atoms with van der Waals surface area (Å²) in [6.45, 7) is 4.07. The first kappa shape index (κ1) is 19.2. The fourth-order valence-electron chi connectivity index (χ4n) is 4.47. The molecule has 1 fully saturated rings. The Morgan fingerprint density at radius 3 is 2.35 bits per heavy atom. The molecule has 0 spiro atoms. The Balaban J connectivity index is 1.54. The van der Waals surface area contributed by atoms with Gasteiger partial charge in [0.15, 0.2) is 12.2 Å². The van der Waals surface area contributed by atoms with Gasteiger partial charge in [0.1, 0.15) is 5.75 Å². The first-order valence-electron chi connectivity index (χ1n) is 10.1. The number of carbonyl (C=O) groups excluding carboxylic acids is 2. The van der Waals surface area contributed by atoms with Crippen molar-refractivity contribution < 1.29 is 14.7 Å². The molecular weight excluding hydrogens is 394 g/mol. The number of phenolic OH excluding ortho intramolecular Hbond substituents is 1. The smallest absolute Gasteiger partial charge is 0.328 e. The van der Waals surface area contributed by atoms with Gasteiger partial charge in [-0.2, -0.15) is 0 Å². The molecule has 3 aliphatic rings. The van der Waals surface area contributed by atoms with Gasteiger partial charge in [-0.15, -0.1) is 0 Å². The fourth-order valence-corrected chi connectivity index (χ4v) is 4.47. The van der Waals surface area contributed by atoms with Crippen molar-refractivity contribution in [1.29, 1.82) is 0 Å². The summed E-state index contributed by atoms with van der Waals surface area (Å²) in [6.07, 6.45) is -0.626. The van der Waals surface area contributed by atoms with Gasteiger partial charge in [0.2, 0.25) is 5.96 Å².